The van der Waals surface area contributed by atoms with Gasteiger partial charge in [0.25, 0.3) is 0 Å². The second kappa shape index (κ2) is 8.13. The fourth-order valence-corrected chi connectivity index (χ4v) is 3.16. The van der Waals surface area contributed by atoms with Crippen molar-refractivity contribution in [3.63, 3.8) is 0 Å². The molecule has 0 aliphatic carbocycles. The molecule has 0 bridgehead atoms. The molecule has 0 amide bonds. The summed E-state index contributed by atoms with van der Waals surface area (Å²) >= 11 is 0. The van der Waals surface area contributed by atoms with Gasteiger partial charge in [-0.05, 0) is 32.0 Å². The van der Waals surface area contributed by atoms with Crippen molar-refractivity contribution in [2.75, 3.05) is 26.2 Å². The Bertz CT molecular complexity index is 467. The first-order chi connectivity index (χ1) is 10.8. The number of β-amino-alcohol motifs (C(OH)–C–C–N with tert-alkyl or cyclic N) is 1. The number of nitrogens with zero attached hydrogens (tertiary/aromatic N) is 2. The zero-order valence-electron chi connectivity index (χ0n) is 13.5. The highest BCUT2D eigenvalue weighted by Crippen LogP contribution is 2.23. The van der Waals surface area contributed by atoms with Gasteiger partial charge in [-0.25, -0.2) is 0 Å². The molecule has 0 unspecified atom stereocenters. The molecule has 1 aromatic carbocycles. The van der Waals surface area contributed by atoms with Crippen molar-refractivity contribution >= 4 is 0 Å². The first-order valence-corrected chi connectivity index (χ1v) is 8.08. The highest BCUT2D eigenvalue weighted by atomic mass is 19.4. The van der Waals surface area contributed by atoms with Crippen LogP contribution in [-0.4, -0.2) is 59.4 Å². The summed E-state index contributed by atoms with van der Waals surface area (Å²) in [5, 5.41) is 9.67. The summed E-state index contributed by atoms with van der Waals surface area (Å²) < 4.78 is 37.1. The largest absolute Gasteiger partial charge is 0.391 e. The Morgan fingerprint density at radius 1 is 1.22 bits per heavy atom. The molecule has 1 N–H and O–H groups in total. The van der Waals surface area contributed by atoms with Gasteiger partial charge in [0.05, 0.1) is 12.5 Å². The number of alkyl halides is 3. The summed E-state index contributed by atoms with van der Waals surface area (Å²) in [6.07, 6.45) is -5.90. The van der Waals surface area contributed by atoms with Crippen LogP contribution in [0.4, 0.5) is 13.2 Å². The quantitative estimate of drug-likeness (QED) is 0.899. The Labute approximate surface area is 135 Å². The lowest BCUT2D eigenvalue weighted by Crippen LogP contribution is -2.43. The van der Waals surface area contributed by atoms with Gasteiger partial charge in [0.1, 0.15) is 0 Å². The van der Waals surface area contributed by atoms with Crippen molar-refractivity contribution in [1.29, 1.82) is 0 Å². The lowest BCUT2D eigenvalue weighted by Gasteiger charge is -2.30. The van der Waals surface area contributed by atoms with Crippen molar-refractivity contribution < 1.29 is 18.3 Å². The third kappa shape index (κ3) is 6.49. The van der Waals surface area contributed by atoms with E-state index in [1.165, 1.54) is 5.56 Å². The molecule has 1 fully saturated rings. The van der Waals surface area contributed by atoms with Crippen molar-refractivity contribution in [2.24, 2.45) is 0 Å². The minimum Gasteiger partial charge on any atom is -0.391 e. The predicted octanol–water partition coefficient (Wildman–Crippen LogP) is 2.90. The van der Waals surface area contributed by atoms with E-state index in [4.69, 9.17) is 0 Å². The third-order valence-corrected chi connectivity index (χ3v) is 4.23. The van der Waals surface area contributed by atoms with Crippen LogP contribution in [0.1, 0.15) is 25.3 Å². The van der Waals surface area contributed by atoms with Gasteiger partial charge in [0.2, 0.25) is 0 Å². The molecular formula is C17H25F3N2O. The molecule has 1 heterocycles. The SMILES string of the molecule is C[C@@H]1CN(Cc2ccccc2)CCCN1C[C@@H](O)CC(F)(F)F. The molecule has 0 aromatic heterocycles. The van der Waals surface area contributed by atoms with Crippen molar-refractivity contribution in [3.05, 3.63) is 35.9 Å². The van der Waals surface area contributed by atoms with Gasteiger partial charge >= 0.3 is 6.18 Å². The highest BCUT2D eigenvalue weighted by Gasteiger charge is 2.33. The van der Waals surface area contributed by atoms with Crippen LogP contribution in [0, 0.1) is 0 Å². The Balaban J connectivity index is 1.86. The molecule has 23 heavy (non-hydrogen) atoms. The summed E-state index contributed by atoms with van der Waals surface area (Å²) in [5.41, 5.74) is 1.24. The standard InChI is InChI=1S/C17H25F3N2O/c1-14-11-21(12-15-6-3-2-4-7-15)8-5-9-22(14)13-16(23)10-17(18,19)20/h2-4,6-7,14,16,23H,5,8-13H2,1H3/t14-,16+/m1/s1. The van der Waals surface area contributed by atoms with Gasteiger partial charge in [0.15, 0.2) is 0 Å². The first-order valence-electron chi connectivity index (χ1n) is 8.08. The zero-order chi connectivity index (χ0) is 16.9. The van der Waals surface area contributed by atoms with E-state index in [0.29, 0.717) is 0 Å². The number of hydrogen-bond acceptors (Lipinski definition) is 3. The molecule has 2 rings (SSSR count). The Kier molecular flexibility index (Phi) is 6.44. The van der Waals surface area contributed by atoms with E-state index in [2.05, 4.69) is 17.0 Å². The maximum Gasteiger partial charge on any atom is 0.391 e. The van der Waals surface area contributed by atoms with Crippen LogP contribution in [0.15, 0.2) is 30.3 Å². The number of aliphatic hydroxyl groups excluding tert-OH is 1. The van der Waals surface area contributed by atoms with Crippen molar-refractivity contribution in [2.45, 2.75) is 44.6 Å². The second-order valence-electron chi connectivity index (χ2n) is 6.39. The van der Waals surface area contributed by atoms with Gasteiger partial charge in [-0.3, -0.25) is 9.80 Å². The van der Waals surface area contributed by atoms with E-state index >= 15 is 0 Å². The predicted molar refractivity (Wildman–Crippen MR) is 84.0 cm³/mol. The molecule has 1 aliphatic rings. The van der Waals surface area contributed by atoms with E-state index in [-0.39, 0.29) is 12.6 Å². The lowest BCUT2D eigenvalue weighted by molar-refractivity contribution is -0.155. The molecular weight excluding hydrogens is 305 g/mol. The molecule has 1 saturated heterocycles. The van der Waals surface area contributed by atoms with Crippen LogP contribution in [0.5, 0.6) is 0 Å². The van der Waals surface area contributed by atoms with Crippen LogP contribution < -0.4 is 0 Å². The Hall–Kier alpha value is -1.11. The summed E-state index contributed by atoms with van der Waals surface area (Å²) in [4.78, 5) is 4.30. The Morgan fingerprint density at radius 3 is 2.57 bits per heavy atom. The molecule has 0 saturated carbocycles. The maximum absolute atomic E-state index is 12.4. The van der Waals surface area contributed by atoms with Crippen LogP contribution >= 0.6 is 0 Å². The number of rotatable bonds is 5. The smallest absolute Gasteiger partial charge is 0.391 e. The van der Waals surface area contributed by atoms with Crippen LogP contribution in [0.2, 0.25) is 0 Å². The summed E-state index contributed by atoms with van der Waals surface area (Å²) in [5.74, 6) is 0. The number of benzene rings is 1. The fraction of sp³-hybridized carbons (Fsp3) is 0.647. The number of aliphatic hydroxyl groups is 1. The van der Waals surface area contributed by atoms with E-state index < -0.39 is 18.7 Å². The van der Waals surface area contributed by atoms with E-state index in [1.807, 2.05) is 30.0 Å². The highest BCUT2D eigenvalue weighted by molar-refractivity contribution is 5.14. The molecule has 130 valence electrons. The Morgan fingerprint density at radius 2 is 1.91 bits per heavy atom. The van der Waals surface area contributed by atoms with E-state index in [1.54, 1.807) is 0 Å². The maximum atomic E-state index is 12.4. The van der Waals surface area contributed by atoms with Crippen molar-refractivity contribution in [3.8, 4) is 0 Å². The first kappa shape index (κ1) is 18.2. The van der Waals surface area contributed by atoms with Crippen LogP contribution in [-0.2, 0) is 6.54 Å². The normalized spacial score (nSPS) is 22.7. The molecule has 6 heteroatoms. The van der Waals surface area contributed by atoms with Crippen LogP contribution in [0.25, 0.3) is 0 Å². The van der Waals surface area contributed by atoms with Crippen LogP contribution in [0.3, 0.4) is 0 Å². The lowest BCUT2D eigenvalue weighted by atomic mass is 10.2. The van der Waals surface area contributed by atoms with E-state index in [0.717, 1.165) is 32.6 Å². The molecule has 0 spiro atoms. The summed E-state index contributed by atoms with van der Waals surface area (Å²) in [6.45, 7) is 5.40. The molecule has 1 aromatic rings. The number of halogens is 3. The summed E-state index contributed by atoms with van der Waals surface area (Å²) in [7, 11) is 0. The van der Waals surface area contributed by atoms with E-state index in [9.17, 15) is 18.3 Å². The monoisotopic (exact) mass is 330 g/mol. The molecule has 3 nitrogen and oxygen atoms in total. The average Bonchev–Trinajstić information content (AvgIpc) is 2.60. The molecule has 2 atom stereocenters. The average molecular weight is 330 g/mol. The fourth-order valence-electron chi connectivity index (χ4n) is 3.16. The van der Waals surface area contributed by atoms with Gasteiger partial charge in [0, 0.05) is 25.7 Å². The number of hydrogen-bond donors (Lipinski definition) is 1. The third-order valence-electron chi connectivity index (χ3n) is 4.23. The zero-order valence-corrected chi connectivity index (χ0v) is 13.5. The van der Waals surface area contributed by atoms with Gasteiger partial charge in [-0.1, -0.05) is 30.3 Å². The van der Waals surface area contributed by atoms with Gasteiger partial charge in [-0.2, -0.15) is 13.2 Å². The van der Waals surface area contributed by atoms with Gasteiger partial charge in [-0.15, -0.1) is 0 Å². The van der Waals surface area contributed by atoms with Crippen molar-refractivity contribution in [1.82, 2.24) is 9.80 Å². The minimum atomic E-state index is -4.31. The van der Waals surface area contributed by atoms with Gasteiger partial charge < -0.3 is 5.11 Å². The second-order valence-corrected chi connectivity index (χ2v) is 6.39. The molecule has 0 radical (unpaired) electrons. The molecule has 1 aliphatic heterocycles. The summed E-state index contributed by atoms with van der Waals surface area (Å²) in [6, 6.07) is 10.3. The topological polar surface area (TPSA) is 26.7 Å². The minimum absolute atomic E-state index is 0.0832.